The third-order valence-electron chi connectivity index (χ3n) is 3.29. The van der Waals surface area contributed by atoms with Crippen LogP contribution in [0, 0.1) is 6.92 Å². The SMILES string of the molecule is Cc1cc(Br)c(NC(=O)c2cccc(-n3cncn3)c2)cc1Cl. The van der Waals surface area contributed by atoms with E-state index < -0.39 is 0 Å². The fourth-order valence-electron chi connectivity index (χ4n) is 2.07. The number of amides is 1. The number of nitrogens with zero attached hydrogens (tertiary/aromatic N) is 3. The normalized spacial score (nSPS) is 10.6. The Hall–Kier alpha value is -2.18. The van der Waals surface area contributed by atoms with Crippen LogP contribution in [0.3, 0.4) is 0 Å². The van der Waals surface area contributed by atoms with Gasteiger partial charge >= 0.3 is 0 Å². The minimum atomic E-state index is -0.229. The number of aromatic nitrogens is 3. The number of nitrogens with one attached hydrogen (secondary N) is 1. The van der Waals surface area contributed by atoms with Crippen molar-refractivity contribution in [3.63, 3.8) is 0 Å². The van der Waals surface area contributed by atoms with E-state index in [-0.39, 0.29) is 5.91 Å². The van der Waals surface area contributed by atoms with Gasteiger partial charge < -0.3 is 5.32 Å². The molecule has 0 aliphatic heterocycles. The van der Waals surface area contributed by atoms with Crippen LogP contribution in [0.4, 0.5) is 5.69 Å². The maximum atomic E-state index is 12.5. The second kappa shape index (κ2) is 6.52. The molecule has 3 aromatic rings. The molecule has 1 aromatic heterocycles. The Morgan fingerprint density at radius 1 is 1.30 bits per heavy atom. The summed E-state index contributed by atoms with van der Waals surface area (Å²) < 4.78 is 2.37. The van der Waals surface area contributed by atoms with E-state index in [0.29, 0.717) is 16.3 Å². The van der Waals surface area contributed by atoms with E-state index in [1.807, 2.05) is 19.1 Å². The van der Waals surface area contributed by atoms with E-state index in [4.69, 9.17) is 11.6 Å². The molecule has 7 heteroatoms. The summed E-state index contributed by atoms with van der Waals surface area (Å²) in [6.45, 7) is 1.90. The van der Waals surface area contributed by atoms with Crippen molar-refractivity contribution < 1.29 is 4.79 Å². The molecule has 0 radical (unpaired) electrons. The Morgan fingerprint density at radius 3 is 2.87 bits per heavy atom. The molecule has 0 atom stereocenters. The molecule has 1 amide bonds. The van der Waals surface area contributed by atoms with Crippen LogP contribution in [-0.4, -0.2) is 20.7 Å². The van der Waals surface area contributed by atoms with Crippen molar-refractivity contribution in [2.45, 2.75) is 6.92 Å². The monoisotopic (exact) mass is 390 g/mol. The lowest BCUT2D eigenvalue weighted by atomic mass is 10.1. The number of halogens is 2. The summed E-state index contributed by atoms with van der Waals surface area (Å²) in [6.07, 6.45) is 3.02. The third kappa shape index (κ3) is 3.43. The summed E-state index contributed by atoms with van der Waals surface area (Å²) in [5, 5.41) is 7.50. The van der Waals surface area contributed by atoms with Gasteiger partial charge in [0.05, 0.1) is 11.4 Å². The number of carbonyl (C=O) groups is 1. The van der Waals surface area contributed by atoms with Crippen molar-refractivity contribution in [3.8, 4) is 5.69 Å². The quantitative estimate of drug-likeness (QED) is 0.726. The molecular formula is C16H12BrClN4O. The number of hydrogen-bond donors (Lipinski definition) is 1. The zero-order valence-corrected chi connectivity index (χ0v) is 14.5. The van der Waals surface area contributed by atoms with Gasteiger partial charge in [-0.15, -0.1) is 0 Å². The van der Waals surface area contributed by atoms with Crippen LogP contribution in [0.25, 0.3) is 5.69 Å². The second-order valence-corrected chi connectivity index (χ2v) is 6.19. The summed E-state index contributed by atoms with van der Waals surface area (Å²) >= 11 is 9.55. The maximum absolute atomic E-state index is 12.5. The zero-order chi connectivity index (χ0) is 16.4. The fourth-order valence-corrected chi connectivity index (χ4v) is 2.79. The smallest absolute Gasteiger partial charge is 0.255 e. The van der Waals surface area contributed by atoms with Gasteiger partial charge in [0.2, 0.25) is 0 Å². The van der Waals surface area contributed by atoms with E-state index in [9.17, 15) is 4.79 Å². The molecule has 0 unspecified atom stereocenters. The second-order valence-electron chi connectivity index (χ2n) is 4.93. The van der Waals surface area contributed by atoms with Gasteiger partial charge in [0.25, 0.3) is 5.91 Å². The van der Waals surface area contributed by atoms with Gasteiger partial charge in [-0.25, -0.2) is 9.67 Å². The Balaban J connectivity index is 1.87. The first-order valence-electron chi connectivity index (χ1n) is 6.76. The molecule has 0 saturated carbocycles. The number of aryl methyl sites for hydroxylation is 1. The summed E-state index contributed by atoms with van der Waals surface area (Å²) in [4.78, 5) is 16.4. The van der Waals surface area contributed by atoms with Gasteiger partial charge in [-0.2, -0.15) is 5.10 Å². The van der Waals surface area contributed by atoms with Crippen LogP contribution in [0.1, 0.15) is 15.9 Å². The lowest BCUT2D eigenvalue weighted by Gasteiger charge is -2.10. The van der Waals surface area contributed by atoms with Crippen molar-refractivity contribution in [2.75, 3.05) is 5.32 Å². The molecule has 23 heavy (non-hydrogen) atoms. The summed E-state index contributed by atoms with van der Waals surface area (Å²) in [5.74, 6) is -0.229. The Bertz CT molecular complexity index is 865. The van der Waals surface area contributed by atoms with Crippen LogP contribution in [0.15, 0.2) is 53.5 Å². The molecule has 0 aliphatic carbocycles. The van der Waals surface area contributed by atoms with Gasteiger partial charge in [-0.3, -0.25) is 4.79 Å². The van der Waals surface area contributed by atoms with Crippen molar-refractivity contribution in [1.82, 2.24) is 14.8 Å². The molecule has 0 bridgehead atoms. The van der Waals surface area contributed by atoms with E-state index in [1.54, 1.807) is 35.3 Å². The molecule has 0 spiro atoms. The first kappa shape index (κ1) is 15.7. The average molecular weight is 392 g/mol. The number of carbonyl (C=O) groups excluding carboxylic acids is 1. The maximum Gasteiger partial charge on any atom is 0.255 e. The number of anilines is 1. The molecule has 0 fully saturated rings. The van der Waals surface area contributed by atoms with E-state index in [0.717, 1.165) is 15.7 Å². The first-order valence-corrected chi connectivity index (χ1v) is 7.94. The van der Waals surface area contributed by atoms with E-state index in [1.165, 1.54) is 6.33 Å². The van der Waals surface area contributed by atoms with Crippen LogP contribution >= 0.6 is 27.5 Å². The van der Waals surface area contributed by atoms with E-state index >= 15 is 0 Å². The number of benzene rings is 2. The Morgan fingerprint density at radius 2 is 2.13 bits per heavy atom. The highest BCUT2D eigenvalue weighted by Crippen LogP contribution is 2.29. The molecule has 1 N–H and O–H groups in total. The highest BCUT2D eigenvalue weighted by molar-refractivity contribution is 9.10. The highest BCUT2D eigenvalue weighted by Gasteiger charge is 2.11. The molecular weight excluding hydrogens is 380 g/mol. The van der Waals surface area contributed by atoms with Gasteiger partial charge in [0.15, 0.2) is 0 Å². The molecule has 0 saturated heterocycles. The molecule has 116 valence electrons. The molecule has 0 aliphatic rings. The van der Waals surface area contributed by atoms with Crippen LogP contribution in [0.2, 0.25) is 5.02 Å². The third-order valence-corrected chi connectivity index (χ3v) is 4.35. The number of hydrogen-bond acceptors (Lipinski definition) is 3. The average Bonchev–Trinajstić information content (AvgIpc) is 3.07. The Kier molecular flexibility index (Phi) is 4.45. The largest absolute Gasteiger partial charge is 0.321 e. The standard InChI is InChI=1S/C16H12BrClN4O/c1-10-5-13(17)15(7-14(10)18)21-16(23)11-3-2-4-12(6-11)22-9-19-8-20-22/h2-9H,1H3,(H,21,23). The van der Waals surface area contributed by atoms with Gasteiger partial charge in [0, 0.05) is 15.1 Å². The van der Waals surface area contributed by atoms with Crippen LogP contribution < -0.4 is 5.32 Å². The molecule has 2 aromatic carbocycles. The van der Waals surface area contributed by atoms with Gasteiger partial charge in [0.1, 0.15) is 12.7 Å². The summed E-state index contributed by atoms with van der Waals surface area (Å²) in [6, 6.07) is 10.7. The van der Waals surface area contributed by atoms with Crippen molar-refractivity contribution in [1.29, 1.82) is 0 Å². The Labute approximate surface area is 146 Å². The van der Waals surface area contributed by atoms with Crippen LogP contribution in [-0.2, 0) is 0 Å². The minimum Gasteiger partial charge on any atom is -0.321 e. The number of rotatable bonds is 3. The van der Waals surface area contributed by atoms with E-state index in [2.05, 4.69) is 31.3 Å². The van der Waals surface area contributed by atoms with Gasteiger partial charge in [-0.05, 0) is 58.7 Å². The zero-order valence-electron chi connectivity index (χ0n) is 12.1. The first-order chi connectivity index (χ1) is 11.0. The van der Waals surface area contributed by atoms with Crippen molar-refractivity contribution >= 4 is 39.1 Å². The molecule has 5 nitrogen and oxygen atoms in total. The summed E-state index contributed by atoms with van der Waals surface area (Å²) in [7, 11) is 0. The predicted molar refractivity (Wildman–Crippen MR) is 93.2 cm³/mol. The fraction of sp³-hybridized carbons (Fsp3) is 0.0625. The minimum absolute atomic E-state index is 0.229. The highest BCUT2D eigenvalue weighted by atomic mass is 79.9. The van der Waals surface area contributed by atoms with Crippen molar-refractivity contribution in [2.24, 2.45) is 0 Å². The molecule has 1 heterocycles. The predicted octanol–water partition coefficient (Wildman–Crippen LogP) is 4.24. The topological polar surface area (TPSA) is 59.8 Å². The summed E-state index contributed by atoms with van der Waals surface area (Å²) in [5.41, 5.74) is 2.83. The van der Waals surface area contributed by atoms with Gasteiger partial charge in [-0.1, -0.05) is 17.7 Å². The lowest BCUT2D eigenvalue weighted by molar-refractivity contribution is 0.102. The molecule has 3 rings (SSSR count). The van der Waals surface area contributed by atoms with Crippen LogP contribution in [0.5, 0.6) is 0 Å². The lowest BCUT2D eigenvalue weighted by Crippen LogP contribution is -2.13. The van der Waals surface area contributed by atoms with Crippen molar-refractivity contribution in [3.05, 3.63) is 69.7 Å².